The van der Waals surface area contributed by atoms with E-state index in [2.05, 4.69) is 36.1 Å². The van der Waals surface area contributed by atoms with Crippen LogP contribution >= 0.6 is 0 Å². The maximum absolute atomic E-state index is 9.51. The summed E-state index contributed by atoms with van der Waals surface area (Å²) in [4.78, 5) is 8.85. The lowest BCUT2D eigenvalue weighted by atomic mass is 9.93. The lowest BCUT2D eigenvalue weighted by Gasteiger charge is -2.27. The van der Waals surface area contributed by atoms with Gasteiger partial charge in [-0.15, -0.1) is 0 Å². The van der Waals surface area contributed by atoms with Gasteiger partial charge in [-0.25, -0.2) is 9.97 Å². The average Bonchev–Trinajstić information content (AvgIpc) is 2.30. The Morgan fingerprint density at radius 1 is 1.21 bits per heavy atom. The molecule has 5 heteroatoms. The van der Waals surface area contributed by atoms with Crippen LogP contribution < -0.4 is 11.1 Å². The standard InChI is InChI=1S/C14H24N4O/c1-14(2,3)13-17-11(15)8-12(18-13)16-9-4-6-10(19)7-5-9/h8-10,19H,4-7H2,1-3H3,(H3,15,16,17,18). The van der Waals surface area contributed by atoms with Gasteiger partial charge in [0.25, 0.3) is 0 Å². The molecule has 19 heavy (non-hydrogen) atoms. The summed E-state index contributed by atoms with van der Waals surface area (Å²) in [6.45, 7) is 6.22. The van der Waals surface area contributed by atoms with Crippen molar-refractivity contribution in [1.29, 1.82) is 0 Å². The van der Waals surface area contributed by atoms with Gasteiger partial charge in [-0.3, -0.25) is 0 Å². The summed E-state index contributed by atoms with van der Waals surface area (Å²) >= 11 is 0. The van der Waals surface area contributed by atoms with Crippen LogP contribution in [0.25, 0.3) is 0 Å². The highest BCUT2D eigenvalue weighted by Crippen LogP contribution is 2.24. The molecule has 2 rings (SSSR count). The summed E-state index contributed by atoms with van der Waals surface area (Å²) < 4.78 is 0. The van der Waals surface area contributed by atoms with Crippen LogP contribution in [0, 0.1) is 0 Å². The molecule has 1 heterocycles. The molecule has 106 valence electrons. The van der Waals surface area contributed by atoms with E-state index in [0.29, 0.717) is 11.9 Å². The molecule has 1 aromatic rings. The third kappa shape index (κ3) is 3.80. The molecule has 4 N–H and O–H groups in total. The molecule has 0 unspecified atom stereocenters. The maximum atomic E-state index is 9.51. The number of nitrogen functional groups attached to an aromatic ring is 1. The molecule has 1 aliphatic rings. The summed E-state index contributed by atoms with van der Waals surface area (Å²) in [5, 5.41) is 12.9. The normalized spacial score (nSPS) is 24.2. The fraction of sp³-hybridized carbons (Fsp3) is 0.714. The topological polar surface area (TPSA) is 84.1 Å². The van der Waals surface area contributed by atoms with E-state index in [1.165, 1.54) is 0 Å². The Morgan fingerprint density at radius 3 is 2.42 bits per heavy atom. The number of aliphatic hydroxyl groups excluding tert-OH is 1. The van der Waals surface area contributed by atoms with Crippen LogP contribution in [0.4, 0.5) is 11.6 Å². The Morgan fingerprint density at radius 2 is 1.84 bits per heavy atom. The minimum atomic E-state index is -0.140. The van der Waals surface area contributed by atoms with Crippen molar-refractivity contribution in [1.82, 2.24) is 9.97 Å². The second-order valence-electron chi connectivity index (χ2n) is 6.40. The smallest absolute Gasteiger partial charge is 0.138 e. The van der Waals surface area contributed by atoms with E-state index in [1.807, 2.05) is 0 Å². The van der Waals surface area contributed by atoms with Gasteiger partial charge >= 0.3 is 0 Å². The van der Waals surface area contributed by atoms with Gasteiger partial charge in [0.15, 0.2) is 0 Å². The van der Waals surface area contributed by atoms with Crippen molar-refractivity contribution in [3.8, 4) is 0 Å². The minimum Gasteiger partial charge on any atom is -0.393 e. The predicted molar refractivity (Wildman–Crippen MR) is 77.0 cm³/mol. The third-order valence-electron chi connectivity index (χ3n) is 3.47. The van der Waals surface area contributed by atoms with Gasteiger partial charge in [-0.05, 0) is 25.7 Å². The first kappa shape index (κ1) is 14.1. The number of hydrogen-bond acceptors (Lipinski definition) is 5. The highest BCUT2D eigenvalue weighted by atomic mass is 16.3. The van der Waals surface area contributed by atoms with Crippen LogP contribution in [0.3, 0.4) is 0 Å². The zero-order valence-corrected chi connectivity index (χ0v) is 12.0. The Bertz CT molecular complexity index is 434. The number of anilines is 2. The van der Waals surface area contributed by atoms with Crippen LogP contribution in [-0.2, 0) is 5.41 Å². The summed E-state index contributed by atoms with van der Waals surface area (Å²) in [5.74, 6) is 2.04. The van der Waals surface area contributed by atoms with Crippen molar-refractivity contribution in [3.05, 3.63) is 11.9 Å². The van der Waals surface area contributed by atoms with E-state index in [0.717, 1.165) is 37.3 Å². The van der Waals surface area contributed by atoms with Gasteiger partial charge in [0.2, 0.25) is 0 Å². The number of aromatic nitrogens is 2. The Labute approximate surface area is 114 Å². The predicted octanol–water partition coefficient (Wildman–Crippen LogP) is 2.07. The molecule has 1 saturated carbocycles. The number of nitrogens with zero attached hydrogens (tertiary/aromatic N) is 2. The zero-order chi connectivity index (χ0) is 14.0. The quantitative estimate of drug-likeness (QED) is 0.761. The third-order valence-corrected chi connectivity index (χ3v) is 3.47. The Balaban J connectivity index is 2.10. The number of nitrogens with one attached hydrogen (secondary N) is 1. The number of rotatable bonds is 2. The second kappa shape index (κ2) is 5.33. The zero-order valence-electron chi connectivity index (χ0n) is 12.0. The van der Waals surface area contributed by atoms with E-state index in [1.54, 1.807) is 6.07 Å². The molecule has 1 aromatic heterocycles. The van der Waals surface area contributed by atoms with E-state index in [4.69, 9.17) is 5.73 Å². The van der Waals surface area contributed by atoms with Crippen LogP contribution in [0.2, 0.25) is 0 Å². The summed E-state index contributed by atoms with van der Waals surface area (Å²) in [6.07, 6.45) is 3.50. The molecule has 5 nitrogen and oxygen atoms in total. The Hall–Kier alpha value is -1.36. The molecule has 0 aromatic carbocycles. The summed E-state index contributed by atoms with van der Waals surface area (Å²) in [6, 6.07) is 2.14. The van der Waals surface area contributed by atoms with Crippen LogP contribution in [0.5, 0.6) is 0 Å². The summed E-state index contributed by atoms with van der Waals surface area (Å²) in [5.41, 5.74) is 5.74. The first-order valence-electron chi connectivity index (χ1n) is 6.94. The van der Waals surface area contributed by atoms with Crippen LogP contribution in [0.15, 0.2) is 6.07 Å². The van der Waals surface area contributed by atoms with Crippen molar-refractivity contribution >= 4 is 11.6 Å². The molecule has 0 atom stereocenters. The lowest BCUT2D eigenvalue weighted by molar-refractivity contribution is 0.126. The molecule has 0 spiro atoms. The van der Waals surface area contributed by atoms with Crippen molar-refractivity contribution in [2.24, 2.45) is 0 Å². The monoisotopic (exact) mass is 264 g/mol. The largest absolute Gasteiger partial charge is 0.393 e. The minimum absolute atomic E-state index is 0.116. The first-order chi connectivity index (χ1) is 8.84. The molecule has 0 aliphatic heterocycles. The van der Waals surface area contributed by atoms with Crippen molar-refractivity contribution in [2.45, 2.75) is 64.0 Å². The van der Waals surface area contributed by atoms with E-state index < -0.39 is 0 Å². The van der Waals surface area contributed by atoms with Crippen LogP contribution in [0.1, 0.15) is 52.3 Å². The number of hydrogen-bond donors (Lipinski definition) is 3. The average molecular weight is 264 g/mol. The molecule has 0 radical (unpaired) electrons. The van der Waals surface area contributed by atoms with Gasteiger partial charge in [-0.2, -0.15) is 0 Å². The molecule has 0 bridgehead atoms. The highest BCUT2D eigenvalue weighted by Gasteiger charge is 2.22. The lowest BCUT2D eigenvalue weighted by Crippen LogP contribution is -2.29. The van der Waals surface area contributed by atoms with Crippen molar-refractivity contribution in [2.75, 3.05) is 11.1 Å². The van der Waals surface area contributed by atoms with Crippen molar-refractivity contribution < 1.29 is 5.11 Å². The molecule has 0 amide bonds. The van der Waals surface area contributed by atoms with E-state index in [-0.39, 0.29) is 11.5 Å². The van der Waals surface area contributed by atoms with Gasteiger partial charge < -0.3 is 16.2 Å². The maximum Gasteiger partial charge on any atom is 0.138 e. The fourth-order valence-electron chi connectivity index (χ4n) is 2.30. The van der Waals surface area contributed by atoms with E-state index in [9.17, 15) is 5.11 Å². The highest BCUT2D eigenvalue weighted by molar-refractivity contribution is 5.46. The molecule has 1 aliphatic carbocycles. The molecular weight excluding hydrogens is 240 g/mol. The van der Waals surface area contributed by atoms with Crippen LogP contribution in [-0.4, -0.2) is 27.2 Å². The second-order valence-corrected chi connectivity index (χ2v) is 6.40. The van der Waals surface area contributed by atoms with Gasteiger partial charge in [0.1, 0.15) is 17.5 Å². The van der Waals surface area contributed by atoms with Gasteiger partial charge in [0.05, 0.1) is 6.10 Å². The number of aliphatic hydroxyl groups is 1. The van der Waals surface area contributed by atoms with E-state index >= 15 is 0 Å². The van der Waals surface area contributed by atoms with Gasteiger partial charge in [-0.1, -0.05) is 20.8 Å². The fourth-order valence-corrected chi connectivity index (χ4v) is 2.30. The van der Waals surface area contributed by atoms with Crippen molar-refractivity contribution in [3.63, 3.8) is 0 Å². The first-order valence-corrected chi connectivity index (χ1v) is 6.94. The summed E-state index contributed by atoms with van der Waals surface area (Å²) in [7, 11) is 0. The number of nitrogens with two attached hydrogens (primary N) is 1. The molecular formula is C14H24N4O. The SMILES string of the molecule is CC(C)(C)c1nc(N)cc(NC2CCC(O)CC2)n1. The Kier molecular flexibility index (Phi) is 3.94. The molecule has 0 saturated heterocycles. The van der Waals surface area contributed by atoms with Gasteiger partial charge in [0, 0.05) is 17.5 Å². The molecule has 1 fully saturated rings.